The molecular weight excluding hydrogens is 222 g/mol. The van der Waals surface area contributed by atoms with Gasteiger partial charge >= 0.3 is 0 Å². The number of aryl methyl sites for hydroxylation is 1. The van der Waals surface area contributed by atoms with E-state index in [1.165, 1.54) is 0 Å². The number of anilines is 3. The molecule has 0 fully saturated rings. The number of nitrogens with zero attached hydrogens (tertiary/aromatic N) is 4. The van der Waals surface area contributed by atoms with Crippen LogP contribution in [-0.2, 0) is 6.54 Å². The van der Waals surface area contributed by atoms with Crippen molar-refractivity contribution in [1.82, 2.24) is 20.1 Å². The maximum absolute atomic E-state index is 5.55. The summed E-state index contributed by atoms with van der Waals surface area (Å²) >= 11 is 0. The van der Waals surface area contributed by atoms with Gasteiger partial charge in [0.15, 0.2) is 5.82 Å². The van der Waals surface area contributed by atoms with Crippen molar-refractivity contribution in [3.63, 3.8) is 0 Å². The molecule has 0 radical (unpaired) electrons. The minimum atomic E-state index is 0.195. The number of nitrogens with two attached hydrogens (primary N) is 1. The molecule has 0 spiro atoms. The molecule has 8 nitrogen and oxygen atoms in total. The van der Waals surface area contributed by atoms with E-state index in [9.17, 15) is 0 Å². The highest BCUT2D eigenvalue weighted by atomic mass is 16.5. The van der Waals surface area contributed by atoms with Crippen LogP contribution in [0.1, 0.15) is 11.7 Å². The molecule has 0 amide bonds. The summed E-state index contributed by atoms with van der Waals surface area (Å²) in [4.78, 5) is 12.1. The normalized spacial score (nSPS) is 10.2. The van der Waals surface area contributed by atoms with E-state index in [1.54, 1.807) is 20.0 Å². The third kappa shape index (κ3) is 2.80. The van der Waals surface area contributed by atoms with Gasteiger partial charge in [0.25, 0.3) is 0 Å². The number of aromatic nitrogens is 4. The van der Waals surface area contributed by atoms with Crippen LogP contribution in [-0.4, -0.2) is 27.2 Å². The fourth-order valence-electron chi connectivity index (χ4n) is 1.26. The van der Waals surface area contributed by atoms with E-state index in [0.717, 1.165) is 0 Å². The molecule has 0 aliphatic carbocycles. The Morgan fingerprint density at radius 3 is 2.71 bits per heavy atom. The maximum atomic E-state index is 5.55. The zero-order valence-corrected chi connectivity index (χ0v) is 9.56. The molecule has 0 aromatic carbocycles. The van der Waals surface area contributed by atoms with E-state index in [0.29, 0.717) is 29.9 Å². The Labute approximate surface area is 97.6 Å². The topological polar surface area (TPSA) is 115 Å². The molecule has 0 aliphatic rings. The minimum absolute atomic E-state index is 0.195. The number of nitrogen functional groups attached to an aromatic ring is 1. The second-order valence-electron chi connectivity index (χ2n) is 3.34. The van der Waals surface area contributed by atoms with E-state index < -0.39 is 0 Å². The Balaban J connectivity index is 2.05. The van der Waals surface area contributed by atoms with E-state index in [-0.39, 0.29) is 5.95 Å². The third-order valence-electron chi connectivity index (χ3n) is 1.99. The van der Waals surface area contributed by atoms with Gasteiger partial charge in [-0.25, -0.2) is 0 Å². The molecule has 4 N–H and O–H groups in total. The molecule has 8 heteroatoms. The fraction of sp³-hybridized carbons (Fsp3) is 0.333. The molecule has 0 saturated heterocycles. The van der Waals surface area contributed by atoms with E-state index in [4.69, 9.17) is 10.3 Å². The smallest absolute Gasteiger partial charge is 0.245 e. The summed E-state index contributed by atoms with van der Waals surface area (Å²) in [5.41, 5.74) is 5.55. The van der Waals surface area contributed by atoms with Crippen LogP contribution >= 0.6 is 0 Å². The molecule has 0 saturated carbocycles. The van der Waals surface area contributed by atoms with Gasteiger partial charge in [-0.05, 0) is 6.92 Å². The standard InChI is InChI=1S/C9H13N7O/c1-5-13-8(17-16-5)4-12-7-3-6(11-2)14-9(10)15-7/h3H,4H2,1-2H3,(H4,10,11,12,14,15). The molecule has 2 aromatic heterocycles. The summed E-state index contributed by atoms with van der Waals surface area (Å²) in [6.07, 6.45) is 0. The van der Waals surface area contributed by atoms with Gasteiger partial charge < -0.3 is 20.9 Å². The molecule has 17 heavy (non-hydrogen) atoms. The van der Waals surface area contributed by atoms with Crippen molar-refractivity contribution >= 4 is 17.6 Å². The first-order valence-corrected chi connectivity index (χ1v) is 5.03. The summed E-state index contributed by atoms with van der Waals surface area (Å²) < 4.78 is 4.96. The molecule has 0 bridgehead atoms. The fourth-order valence-corrected chi connectivity index (χ4v) is 1.26. The van der Waals surface area contributed by atoms with E-state index in [2.05, 4.69) is 30.7 Å². The number of rotatable bonds is 4. The van der Waals surface area contributed by atoms with Crippen LogP contribution in [0.2, 0.25) is 0 Å². The Hall–Kier alpha value is -2.38. The minimum Gasteiger partial charge on any atom is -0.373 e. The van der Waals surface area contributed by atoms with Gasteiger partial charge in [0.05, 0.1) is 6.54 Å². The van der Waals surface area contributed by atoms with Crippen LogP contribution in [0, 0.1) is 6.92 Å². The molecular formula is C9H13N7O. The van der Waals surface area contributed by atoms with Crippen LogP contribution in [0.5, 0.6) is 0 Å². The van der Waals surface area contributed by atoms with Crippen LogP contribution in [0.4, 0.5) is 17.6 Å². The Morgan fingerprint density at radius 2 is 2.06 bits per heavy atom. The second-order valence-corrected chi connectivity index (χ2v) is 3.34. The summed E-state index contributed by atoms with van der Waals surface area (Å²) in [5.74, 6) is 2.52. The largest absolute Gasteiger partial charge is 0.373 e. The number of hydrogen-bond acceptors (Lipinski definition) is 8. The van der Waals surface area contributed by atoms with Gasteiger partial charge in [-0.15, -0.1) is 0 Å². The number of hydrogen-bond donors (Lipinski definition) is 3. The number of nitrogens with one attached hydrogen (secondary N) is 2. The monoisotopic (exact) mass is 235 g/mol. The maximum Gasteiger partial charge on any atom is 0.245 e. The Bertz CT molecular complexity index is 510. The predicted octanol–water partition coefficient (Wildman–Crippen LogP) is 0.404. The van der Waals surface area contributed by atoms with Crippen molar-refractivity contribution in [3.05, 3.63) is 17.8 Å². The van der Waals surface area contributed by atoms with Crippen molar-refractivity contribution in [2.24, 2.45) is 0 Å². The molecule has 2 rings (SSSR count). The Kier molecular flexibility index (Phi) is 3.03. The highest BCUT2D eigenvalue weighted by molar-refractivity contribution is 5.50. The van der Waals surface area contributed by atoms with E-state index in [1.807, 2.05) is 0 Å². The lowest BCUT2D eigenvalue weighted by atomic mass is 10.5. The third-order valence-corrected chi connectivity index (χ3v) is 1.99. The van der Waals surface area contributed by atoms with Gasteiger partial charge in [-0.3, -0.25) is 0 Å². The SMILES string of the molecule is CNc1cc(NCc2nc(C)no2)nc(N)n1. The van der Waals surface area contributed by atoms with Crippen LogP contribution in [0.3, 0.4) is 0 Å². The predicted molar refractivity (Wildman–Crippen MR) is 62.4 cm³/mol. The van der Waals surface area contributed by atoms with Gasteiger partial charge in [0, 0.05) is 13.1 Å². The molecule has 2 aromatic rings. The van der Waals surface area contributed by atoms with Crippen molar-refractivity contribution in [2.45, 2.75) is 13.5 Å². The molecule has 0 atom stereocenters. The second kappa shape index (κ2) is 4.64. The molecule has 0 aliphatic heterocycles. The van der Waals surface area contributed by atoms with Crippen molar-refractivity contribution < 1.29 is 4.52 Å². The van der Waals surface area contributed by atoms with Gasteiger partial charge in [-0.1, -0.05) is 5.16 Å². The Morgan fingerprint density at radius 1 is 1.29 bits per heavy atom. The van der Waals surface area contributed by atoms with Crippen LogP contribution in [0.25, 0.3) is 0 Å². The summed E-state index contributed by atoms with van der Waals surface area (Å²) in [6.45, 7) is 2.15. The molecule has 90 valence electrons. The average Bonchev–Trinajstić information content (AvgIpc) is 2.72. The first kappa shape index (κ1) is 11.1. The summed E-state index contributed by atoms with van der Waals surface area (Å²) in [7, 11) is 1.76. The first-order valence-electron chi connectivity index (χ1n) is 5.03. The average molecular weight is 235 g/mol. The molecule has 2 heterocycles. The highest BCUT2D eigenvalue weighted by Crippen LogP contribution is 2.12. The molecule has 0 unspecified atom stereocenters. The summed E-state index contributed by atoms with van der Waals surface area (Å²) in [6, 6.07) is 1.74. The summed E-state index contributed by atoms with van der Waals surface area (Å²) in [5, 5.41) is 9.59. The van der Waals surface area contributed by atoms with Crippen molar-refractivity contribution in [2.75, 3.05) is 23.4 Å². The lowest BCUT2D eigenvalue weighted by Gasteiger charge is -2.05. The highest BCUT2D eigenvalue weighted by Gasteiger charge is 2.04. The van der Waals surface area contributed by atoms with Gasteiger partial charge in [-0.2, -0.15) is 15.0 Å². The lowest BCUT2D eigenvalue weighted by molar-refractivity contribution is 0.379. The van der Waals surface area contributed by atoms with Crippen molar-refractivity contribution in [3.8, 4) is 0 Å². The zero-order valence-electron chi connectivity index (χ0n) is 9.56. The lowest BCUT2D eigenvalue weighted by Crippen LogP contribution is -2.06. The van der Waals surface area contributed by atoms with Gasteiger partial charge in [0.1, 0.15) is 11.6 Å². The van der Waals surface area contributed by atoms with Gasteiger partial charge in [0.2, 0.25) is 11.8 Å². The first-order chi connectivity index (χ1) is 8.17. The van der Waals surface area contributed by atoms with Crippen LogP contribution in [0.15, 0.2) is 10.6 Å². The quantitative estimate of drug-likeness (QED) is 0.697. The van der Waals surface area contributed by atoms with Crippen molar-refractivity contribution in [1.29, 1.82) is 0 Å². The van der Waals surface area contributed by atoms with E-state index >= 15 is 0 Å². The zero-order chi connectivity index (χ0) is 12.3. The van der Waals surface area contributed by atoms with Crippen LogP contribution < -0.4 is 16.4 Å².